The van der Waals surface area contributed by atoms with Crippen LogP contribution in [0.3, 0.4) is 0 Å². The van der Waals surface area contributed by atoms with Crippen LogP contribution in [-0.2, 0) is 6.42 Å². The number of nitrogens with zero attached hydrogens (tertiary/aromatic N) is 3. The SMILES string of the molecule is CCCCCCCCc1cccc(-n2nc3ccccc3n2)c1. The first-order valence-corrected chi connectivity index (χ1v) is 8.78. The summed E-state index contributed by atoms with van der Waals surface area (Å²) in [5.41, 5.74) is 4.30. The van der Waals surface area contributed by atoms with Crippen LogP contribution in [0.2, 0.25) is 0 Å². The molecule has 2 aromatic carbocycles. The number of aromatic nitrogens is 3. The summed E-state index contributed by atoms with van der Waals surface area (Å²) in [5.74, 6) is 0. The van der Waals surface area contributed by atoms with Crippen LogP contribution in [0, 0.1) is 0 Å². The molecule has 0 radical (unpaired) electrons. The lowest BCUT2D eigenvalue weighted by atomic mass is 10.0. The fraction of sp³-hybridized carbons (Fsp3) is 0.400. The minimum Gasteiger partial charge on any atom is -0.150 e. The van der Waals surface area contributed by atoms with E-state index in [1.807, 2.05) is 24.3 Å². The summed E-state index contributed by atoms with van der Waals surface area (Å²) in [6.07, 6.45) is 9.15. The van der Waals surface area contributed by atoms with Crippen molar-refractivity contribution in [2.24, 2.45) is 0 Å². The van der Waals surface area contributed by atoms with Gasteiger partial charge in [0, 0.05) is 0 Å². The van der Waals surface area contributed by atoms with Crippen molar-refractivity contribution in [3.8, 4) is 5.69 Å². The number of benzene rings is 2. The minimum atomic E-state index is 0.939. The number of unbranched alkanes of at least 4 members (excludes halogenated alkanes) is 5. The van der Waals surface area contributed by atoms with E-state index in [9.17, 15) is 0 Å². The predicted molar refractivity (Wildman–Crippen MR) is 95.9 cm³/mol. The fourth-order valence-corrected chi connectivity index (χ4v) is 2.92. The normalized spacial score (nSPS) is 11.2. The molecular weight excluding hydrogens is 282 g/mol. The topological polar surface area (TPSA) is 30.7 Å². The molecule has 0 aliphatic carbocycles. The van der Waals surface area contributed by atoms with Gasteiger partial charge in [-0.3, -0.25) is 0 Å². The van der Waals surface area contributed by atoms with E-state index in [0.717, 1.165) is 23.1 Å². The van der Waals surface area contributed by atoms with E-state index in [1.165, 1.54) is 44.1 Å². The van der Waals surface area contributed by atoms with Gasteiger partial charge in [0.25, 0.3) is 0 Å². The number of fused-ring (bicyclic) bond motifs is 1. The van der Waals surface area contributed by atoms with Crippen molar-refractivity contribution in [3.63, 3.8) is 0 Å². The lowest BCUT2D eigenvalue weighted by Gasteiger charge is -2.05. The lowest BCUT2D eigenvalue weighted by molar-refractivity contribution is 0.607. The van der Waals surface area contributed by atoms with E-state index in [4.69, 9.17) is 0 Å². The van der Waals surface area contributed by atoms with Crippen molar-refractivity contribution >= 4 is 11.0 Å². The Morgan fingerprint density at radius 1 is 0.783 bits per heavy atom. The van der Waals surface area contributed by atoms with Crippen molar-refractivity contribution in [1.82, 2.24) is 15.0 Å². The van der Waals surface area contributed by atoms with Gasteiger partial charge < -0.3 is 0 Å². The van der Waals surface area contributed by atoms with Crippen LogP contribution in [0.1, 0.15) is 51.0 Å². The molecule has 0 saturated heterocycles. The van der Waals surface area contributed by atoms with Gasteiger partial charge >= 0.3 is 0 Å². The molecule has 23 heavy (non-hydrogen) atoms. The van der Waals surface area contributed by atoms with E-state index in [2.05, 4.69) is 41.4 Å². The molecule has 0 aliphatic heterocycles. The van der Waals surface area contributed by atoms with Crippen LogP contribution in [0.5, 0.6) is 0 Å². The molecule has 0 bridgehead atoms. The third-order valence-corrected chi connectivity index (χ3v) is 4.25. The van der Waals surface area contributed by atoms with E-state index >= 15 is 0 Å². The zero-order valence-electron chi connectivity index (χ0n) is 13.9. The third kappa shape index (κ3) is 4.19. The highest BCUT2D eigenvalue weighted by Gasteiger charge is 2.04. The lowest BCUT2D eigenvalue weighted by Crippen LogP contribution is -1.99. The quantitative estimate of drug-likeness (QED) is 0.527. The summed E-state index contributed by atoms with van der Waals surface area (Å²) in [6, 6.07) is 16.6. The Morgan fingerprint density at radius 3 is 2.22 bits per heavy atom. The molecule has 0 fully saturated rings. The Bertz CT molecular complexity index is 712. The highest BCUT2D eigenvalue weighted by Crippen LogP contribution is 2.15. The highest BCUT2D eigenvalue weighted by molar-refractivity contribution is 5.73. The summed E-state index contributed by atoms with van der Waals surface area (Å²) in [5, 5.41) is 9.12. The van der Waals surface area contributed by atoms with E-state index in [0.29, 0.717) is 0 Å². The second-order valence-corrected chi connectivity index (χ2v) is 6.17. The van der Waals surface area contributed by atoms with E-state index < -0.39 is 0 Å². The number of aryl methyl sites for hydroxylation is 1. The van der Waals surface area contributed by atoms with Crippen LogP contribution >= 0.6 is 0 Å². The Labute approximate surface area is 138 Å². The number of hydrogen-bond acceptors (Lipinski definition) is 2. The van der Waals surface area contributed by atoms with Gasteiger partial charge in [-0.05, 0) is 42.7 Å². The molecule has 3 heteroatoms. The average molecular weight is 307 g/mol. The molecule has 0 amide bonds. The van der Waals surface area contributed by atoms with Gasteiger partial charge in [0.15, 0.2) is 0 Å². The second kappa shape index (κ2) is 7.91. The van der Waals surface area contributed by atoms with Gasteiger partial charge in [-0.2, -0.15) is 4.80 Å². The Balaban J connectivity index is 1.63. The molecule has 0 unspecified atom stereocenters. The molecule has 120 valence electrons. The molecule has 0 aliphatic rings. The number of rotatable bonds is 8. The molecule has 0 N–H and O–H groups in total. The van der Waals surface area contributed by atoms with E-state index in [1.54, 1.807) is 4.80 Å². The molecular formula is C20H25N3. The maximum absolute atomic E-state index is 4.56. The first-order valence-electron chi connectivity index (χ1n) is 8.78. The summed E-state index contributed by atoms with van der Waals surface area (Å²) >= 11 is 0. The standard InChI is InChI=1S/C20H25N3/c1-2-3-4-5-6-7-11-17-12-10-13-18(16-17)23-21-19-14-8-9-15-20(19)22-23/h8-10,12-16H,2-7,11H2,1H3. The zero-order chi connectivity index (χ0) is 15.9. The summed E-state index contributed by atoms with van der Waals surface area (Å²) in [7, 11) is 0. The third-order valence-electron chi connectivity index (χ3n) is 4.25. The van der Waals surface area contributed by atoms with E-state index in [-0.39, 0.29) is 0 Å². The Kier molecular flexibility index (Phi) is 5.41. The van der Waals surface area contributed by atoms with Gasteiger partial charge in [-0.15, -0.1) is 10.2 Å². The second-order valence-electron chi connectivity index (χ2n) is 6.17. The minimum absolute atomic E-state index is 0.939. The van der Waals surface area contributed by atoms with Gasteiger partial charge in [0.2, 0.25) is 0 Å². The maximum atomic E-state index is 4.56. The molecule has 3 rings (SSSR count). The molecule has 0 atom stereocenters. The van der Waals surface area contributed by atoms with Crippen molar-refractivity contribution in [2.75, 3.05) is 0 Å². The molecule has 1 aromatic heterocycles. The van der Waals surface area contributed by atoms with Gasteiger partial charge in [0.1, 0.15) is 11.0 Å². The zero-order valence-corrected chi connectivity index (χ0v) is 13.9. The maximum Gasteiger partial charge on any atom is 0.113 e. The molecule has 3 nitrogen and oxygen atoms in total. The fourth-order valence-electron chi connectivity index (χ4n) is 2.92. The van der Waals surface area contributed by atoms with Crippen LogP contribution in [-0.4, -0.2) is 15.0 Å². The van der Waals surface area contributed by atoms with Crippen molar-refractivity contribution < 1.29 is 0 Å². The Morgan fingerprint density at radius 2 is 1.48 bits per heavy atom. The Hall–Kier alpha value is -2.16. The monoisotopic (exact) mass is 307 g/mol. The number of hydrogen-bond donors (Lipinski definition) is 0. The van der Waals surface area contributed by atoms with Gasteiger partial charge in [-0.25, -0.2) is 0 Å². The average Bonchev–Trinajstić information content (AvgIpc) is 3.02. The van der Waals surface area contributed by atoms with Crippen molar-refractivity contribution in [1.29, 1.82) is 0 Å². The van der Waals surface area contributed by atoms with Gasteiger partial charge in [-0.1, -0.05) is 63.3 Å². The highest BCUT2D eigenvalue weighted by atomic mass is 15.5. The van der Waals surface area contributed by atoms with Crippen LogP contribution in [0.15, 0.2) is 48.5 Å². The molecule has 0 spiro atoms. The van der Waals surface area contributed by atoms with Crippen molar-refractivity contribution in [2.45, 2.75) is 51.9 Å². The van der Waals surface area contributed by atoms with Crippen LogP contribution in [0.4, 0.5) is 0 Å². The summed E-state index contributed by atoms with van der Waals surface area (Å²) in [4.78, 5) is 1.75. The largest absolute Gasteiger partial charge is 0.150 e. The van der Waals surface area contributed by atoms with Gasteiger partial charge in [0.05, 0.1) is 5.69 Å². The smallest absolute Gasteiger partial charge is 0.113 e. The first-order chi connectivity index (χ1) is 11.4. The molecule has 3 aromatic rings. The van der Waals surface area contributed by atoms with Crippen molar-refractivity contribution in [3.05, 3.63) is 54.1 Å². The van der Waals surface area contributed by atoms with Crippen LogP contribution in [0.25, 0.3) is 16.7 Å². The summed E-state index contributed by atoms with van der Waals surface area (Å²) in [6.45, 7) is 2.26. The van der Waals surface area contributed by atoms with Crippen LogP contribution < -0.4 is 0 Å². The predicted octanol–water partition coefficient (Wildman–Crippen LogP) is 5.32. The first kappa shape index (κ1) is 15.7. The molecule has 1 heterocycles. The molecule has 0 saturated carbocycles. The summed E-state index contributed by atoms with van der Waals surface area (Å²) < 4.78 is 0.